The molecule has 0 bridgehead atoms. The van der Waals surface area contributed by atoms with Crippen molar-refractivity contribution in [3.8, 4) is 11.8 Å². The van der Waals surface area contributed by atoms with Gasteiger partial charge in [0.1, 0.15) is 24.0 Å². The van der Waals surface area contributed by atoms with Crippen molar-refractivity contribution in [3.05, 3.63) is 64.2 Å². The first-order valence-electron chi connectivity index (χ1n) is 13.3. The van der Waals surface area contributed by atoms with Crippen molar-refractivity contribution in [2.45, 2.75) is 65.2 Å². The molecule has 0 fully saturated rings. The van der Waals surface area contributed by atoms with E-state index in [2.05, 4.69) is 5.16 Å². The van der Waals surface area contributed by atoms with Crippen molar-refractivity contribution in [2.75, 3.05) is 20.6 Å². The lowest BCUT2D eigenvalue weighted by Gasteiger charge is -2.32. The van der Waals surface area contributed by atoms with Crippen LogP contribution >= 0.6 is 0 Å². The van der Waals surface area contributed by atoms with Gasteiger partial charge in [-0.05, 0) is 76.8 Å². The van der Waals surface area contributed by atoms with Gasteiger partial charge in [0.05, 0.1) is 23.3 Å². The van der Waals surface area contributed by atoms with Crippen LogP contribution in [-0.4, -0.2) is 66.0 Å². The quantitative estimate of drug-likeness (QED) is 0.218. The first kappa shape index (κ1) is 30.9. The van der Waals surface area contributed by atoms with E-state index in [4.69, 9.17) is 20.0 Å². The minimum atomic E-state index is -0.788. The Hall–Kier alpha value is -4.59. The van der Waals surface area contributed by atoms with Gasteiger partial charge in [0, 0.05) is 19.7 Å². The molecule has 11 nitrogen and oxygen atoms in total. The number of likely N-dealkylation sites (N-methyl/N-ethyl adjacent to an activating group) is 1. The number of oxime groups is 1. The third kappa shape index (κ3) is 7.75. The highest BCUT2D eigenvalue weighted by Gasteiger charge is 2.36. The molecular formula is C30H37N5O6. The standard InChI is InChI=1S/C30H37N5O6/c1-18(2)39-25-14-11-19(15-20(25)16-31)28(37)41-33-27(32)23-10-8-9-22-21(23)12-13-24(22)35(17-26(36)34(6)7)29(38)40-30(3,4)5/h8-11,14-15,18,24H,12-13,17H2,1-7H3,(H2,32,33)/t24-/m0/s1. The zero-order valence-corrected chi connectivity index (χ0v) is 24.6. The summed E-state index contributed by atoms with van der Waals surface area (Å²) >= 11 is 0. The van der Waals surface area contributed by atoms with Crippen LogP contribution in [0, 0.1) is 11.3 Å². The molecule has 0 spiro atoms. The molecule has 0 saturated carbocycles. The molecule has 0 aromatic heterocycles. The van der Waals surface area contributed by atoms with E-state index in [9.17, 15) is 19.6 Å². The van der Waals surface area contributed by atoms with E-state index in [0.29, 0.717) is 24.2 Å². The highest BCUT2D eigenvalue weighted by Crippen LogP contribution is 2.38. The molecule has 0 radical (unpaired) electrons. The number of amidine groups is 1. The average Bonchev–Trinajstić information content (AvgIpc) is 3.32. The van der Waals surface area contributed by atoms with Crippen molar-refractivity contribution in [3.63, 3.8) is 0 Å². The van der Waals surface area contributed by atoms with Crippen molar-refractivity contribution < 1.29 is 28.7 Å². The number of nitrogens with zero attached hydrogens (tertiary/aromatic N) is 4. The first-order valence-corrected chi connectivity index (χ1v) is 13.3. The molecule has 0 saturated heterocycles. The average molecular weight is 564 g/mol. The molecule has 3 rings (SSSR count). The Morgan fingerprint density at radius 3 is 2.49 bits per heavy atom. The van der Waals surface area contributed by atoms with Crippen molar-refractivity contribution >= 4 is 23.8 Å². The number of ether oxygens (including phenoxy) is 2. The molecule has 41 heavy (non-hydrogen) atoms. The molecule has 1 aliphatic carbocycles. The lowest BCUT2D eigenvalue weighted by atomic mass is 10.0. The molecule has 2 aromatic rings. The fourth-order valence-corrected chi connectivity index (χ4v) is 4.40. The molecule has 0 heterocycles. The summed E-state index contributed by atoms with van der Waals surface area (Å²) in [7, 11) is 3.26. The Balaban J connectivity index is 1.85. The fraction of sp³-hybridized carbons (Fsp3) is 0.433. The molecule has 2 aromatic carbocycles. The molecular weight excluding hydrogens is 526 g/mol. The largest absolute Gasteiger partial charge is 0.490 e. The van der Waals surface area contributed by atoms with Gasteiger partial charge in [-0.15, -0.1) is 0 Å². The number of carbonyl (C=O) groups excluding carboxylic acids is 3. The van der Waals surface area contributed by atoms with Gasteiger partial charge < -0.3 is 24.9 Å². The summed E-state index contributed by atoms with van der Waals surface area (Å²) in [5.74, 6) is -0.686. The van der Waals surface area contributed by atoms with Crippen molar-refractivity contribution in [1.82, 2.24) is 9.80 Å². The number of hydrogen-bond acceptors (Lipinski definition) is 8. The second-order valence-electron chi connectivity index (χ2n) is 11.2. The monoisotopic (exact) mass is 563 g/mol. The molecule has 0 aliphatic heterocycles. The number of nitrogens with two attached hydrogens (primary N) is 1. The van der Waals surface area contributed by atoms with E-state index in [0.717, 1.165) is 11.1 Å². The van der Waals surface area contributed by atoms with E-state index in [1.807, 2.05) is 26.0 Å². The summed E-state index contributed by atoms with van der Waals surface area (Å²) in [5.41, 5.74) is 8.02. The van der Waals surface area contributed by atoms with Gasteiger partial charge in [0.2, 0.25) is 5.91 Å². The topological polar surface area (TPSA) is 148 Å². The molecule has 1 aliphatic rings. The predicted octanol–water partition coefficient (Wildman–Crippen LogP) is 4.14. The maximum absolute atomic E-state index is 13.2. The van der Waals surface area contributed by atoms with Gasteiger partial charge in [-0.3, -0.25) is 9.69 Å². The minimum absolute atomic E-state index is 0.0238. The summed E-state index contributed by atoms with van der Waals surface area (Å²) in [6.45, 7) is 8.83. The van der Waals surface area contributed by atoms with Crippen LogP contribution in [0.5, 0.6) is 5.75 Å². The zero-order chi connectivity index (χ0) is 30.5. The van der Waals surface area contributed by atoms with Crippen molar-refractivity contribution in [1.29, 1.82) is 5.26 Å². The van der Waals surface area contributed by atoms with Crippen LogP contribution < -0.4 is 10.5 Å². The Kier molecular flexibility index (Phi) is 9.60. The number of hydrogen-bond donors (Lipinski definition) is 1. The van der Waals surface area contributed by atoms with Crippen LogP contribution in [0.15, 0.2) is 41.6 Å². The van der Waals surface area contributed by atoms with Crippen LogP contribution in [0.1, 0.15) is 79.7 Å². The number of amides is 2. The van der Waals surface area contributed by atoms with Gasteiger partial charge in [-0.1, -0.05) is 23.4 Å². The van der Waals surface area contributed by atoms with Crippen molar-refractivity contribution in [2.24, 2.45) is 10.9 Å². The predicted molar refractivity (Wildman–Crippen MR) is 152 cm³/mol. The maximum Gasteiger partial charge on any atom is 0.411 e. The van der Waals surface area contributed by atoms with Crippen LogP contribution in [0.2, 0.25) is 0 Å². The van der Waals surface area contributed by atoms with Gasteiger partial charge >= 0.3 is 12.1 Å². The highest BCUT2D eigenvalue weighted by molar-refractivity contribution is 6.00. The molecule has 2 amide bonds. The summed E-state index contributed by atoms with van der Waals surface area (Å²) in [6, 6.07) is 11.4. The second kappa shape index (κ2) is 12.7. The second-order valence-corrected chi connectivity index (χ2v) is 11.2. The Morgan fingerprint density at radius 1 is 1.17 bits per heavy atom. The molecule has 11 heteroatoms. The molecule has 1 atom stereocenters. The Bertz CT molecular complexity index is 1390. The lowest BCUT2D eigenvalue weighted by Crippen LogP contribution is -2.44. The van der Waals surface area contributed by atoms with E-state index < -0.39 is 23.7 Å². The molecule has 2 N–H and O–H groups in total. The van der Waals surface area contributed by atoms with Gasteiger partial charge in [-0.2, -0.15) is 5.26 Å². The van der Waals surface area contributed by atoms with E-state index in [-0.39, 0.29) is 35.5 Å². The third-order valence-electron chi connectivity index (χ3n) is 6.25. The Morgan fingerprint density at radius 2 is 1.88 bits per heavy atom. The van der Waals surface area contributed by atoms with E-state index in [1.165, 1.54) is 28.0 Å². The lowest BCUT2D eigenvalue weighted by molar-refractivity contribution is -0.130. The first-order chi connectivity index (χ1) is 19.2. The van der Waals surface area contributed by atoms with Gasteiger partial charge in [0.25, 0.3) is 0 Å². The van der Waals surface area contributed by atoms with E-state index in [1.54, 1.807) is 47.0 Å². The van der Waals surface area contributed by atoms with Gasteiger partial charge in [0.15, 0.2) is 5.84 Å². The molecule has 0 unspecified atom stereocenters. The summed E-state index contributed by atoms with van der Waals surface area (Å²) < 4.78 is 11.2. The smallest absolute Gasteiger partial charge is 0.411 e. The fourth-order valence-electron chi connectivity index (χ4n) is 4.40. The summed E-state index contributed by atoms with van der Waals surface area (Å²) in [6.07, 6.45) is 0.369. The van der Waals surface area contributed by atoms with Crippen LogP contribution in [0.25, 0.3) is 0 Å². The van der Waals surface area contributed by atoms with Crippen LogP contribution in [-0.2, 0) is 20.8 Å². The highest BCUT2D eigenvalue weighted by atomic mass is 16.7. The normalized spacial score (nSPS) is 14.6. The number of benzene rings is 2. The maximum atomic E-state index is 13.2. The third-order valence-corrected chi connectivity index (χ3v) is 6.25. The number of carbonyl (C=O) groups is 3. The minimum Gasteiger partial charge on any atom is -0.490 e. The van der Waals surface area contributed by atoms with Gasteiger partial charge in [-0.25, -0.2) is 9.59 Å². The molecule has 218 valence electrons. The summed E-state index contributed by atoms with van der Waals surface area (Å²) in [4.78, 5) is 46.4. The SMILES string of the molecule is CC(C)Oc1ccc(C(=O)O/N=C(\N)c2cccc3c2CC[C@@H]3N(CC(=O)N(C)C)C(=O)OC(C)(C)C)cc1C#N. The number of nitriles is 1. The van der Waals surface area contributed by atoms with Crippen LogP contribution in [0.3, 0.4) is 0 Å². The number of fused-ring (bicyclic) bond motifs is 1. The Labute approximate surface area is 240 Å². The van der Waals surface area contributed by atoms with Crippen LogP contribution in [0.4, 0.5) is 4.79 Å². The zero-order valence-electron chi connectivity index (χ0n) is 24.6. The summed E-state index contributed by atoms with van der Waals surface area (Å²) in [5, 5.41) is 13.3. The number of rotatable bonds is 8. The van der Waals surface area contributed by atoms with E-state index >= 15 is 0 Å².